The molecule has 2 heterocycles. The highest BCUT2D eigenvalue weighted by Crippen LogP contribution is 2.35. The number of carbonyl (C=O) groups is 2. The third-order valence-electron chi connectivity index (χ3n) is 6.69. The Balaban J connectivity index is 1.69. The minimum Gasteiger partial charge on any atom is -0.459 e. The van der Waals surface area contributed by atoms with Crippen LogP contribution in [-0.2, 0) is 28.0 Å². The molecule has 0 spiro atoms. The fourth-order valence-electron chi connectivity index (χ4n) is 4.69. The predicted molar refractivity (Wildman–Crippen MR) is 117 cm³/mol. The Labute approximate surface area is 184 Å². The number of amides is 1. The van der Waals surface area contributed by atoms with E-state index in [4.69, 9.17) is 10.00 Å². The lowest BCUT2D eigenvalue weighted by molar-refractivity contribution is -0.146. The smallest absolute Gasteiger partial charge is 0.306 e. The summed E-state index contributed by atoms with van der Waals surface area (Å²) in [5.74, 6) is 0.516. The summed E-state index contributed by atoms with van der Waals surface area (Å²) in [6, 6.07) is 1.93. The van der Waals surface area contributed by atoms with Crippen LogP contribution >= 0.6 is 0 Å². The summed E-state index contributed by atoms with van der Waals surface area (Å²) < 4.78 is 7.38. The summed E-state index contributed by atoms with van der Waals surface area (Å²) in [7, 11) is 1.82. The topological polar surface area (TPSA) is 97.0 Å². The van der Waals surface area contributed by atoms with Crippen LogP contribution in [0.1, 0.15) is 70.1 Å². The summed E-state index contributed by atoms with van der Waals surface area (Å²) in [6.07, 6.45) is 12.0. The Morgan fingerprint density at radius 2 is 2.16 bits per heavy atom. The third kappa shape index (κ3) is 5.43. The number of allylic oxidation sites excluding steroid dienone is 2. The molecule has 1 aliphatic carbocycles. The first-order chi connectivity index (χ1) is 14.9. The fourth-order valence-corrected chi connectivity index (χ4v) is 4.69. The van der Waals surface area contributed by atoms with Crippen LogP contribution in [0.15, 0.2) is 24.0 Å². The van der Waals surface area contributed by atoms with Crippen molar-refractivity contribution in [1.82, 2.24) is 15.1 Å². The van der Waals surface area contributed by atoms with Gasteiger partial charge in [-0.15, -0.1) is 0 Å². The van der Waals surface area contributed by atoms with Gasteiger partial charge in [0, 0.05) is 25.2 Å². The van der Waals surface area contributed by atoms with E-state index in [1.807, 2.05) is 20.0 Å². The molecule has 166 valence electrons. The van der Waals surface area contributed by atoms with Crippen molar-refractivity contribution in [3.05, 3.63) is 35.3 Å². The van der Waals surface area contributed by atoms with Crippen molar-refractivity contribution in [3.8, 4) is 6.07 Å². The fraction of sp³-hybridized carbons (Fsp3) is 0.583. The molecule has 7 nitrogen and oxygen atoms in total. The van der Waals surface area contributed by atoms with Crippen molar-refractivity contribution in [2.24, 2.45) is 24.8 Å². The van der Waals surface area contributed by atoms with Crippen LogP contribution in [-0.4, -0.2) is 21.7 Å². The van der Waals surface area contributed by atoms with Gasteiger partial charge < -0.3 is 10.1 Å². The van der Waals surface area contributed by atoms with Crippen molar-refractivity contribution in [2.75, 3.05) is 0 Å². The molecule has 2 aliphatic rings. The highest BCUT2D eigenvalue weighted by atomic mass is 16.5. The Hall–Kier alpha value is -2.88. The van der Waals surface area contributed by atoms with E-state index in [-0.39, 0.29) is 24.1 Å². The minimum absolute atomic E-state index is 0.0643. The van der Waals surface area contributed by atoms with Gasteiger partial charge in [-0.25, -0.2) is 0 Å². The lowest BCUT2D eigenvalue weighted by Crippen LogP contribution is -2.22. The number of aryl methyl sites for hydroxylation is 1. The molecule has 2 unspecified atom stereocenters. The molecule has 1 amide bonds. The van der Waals surface area contributed by atoms with Crippen molar-refractivity contribution < 1.29 is 14.3 Å². The van der Waals surface area contributed by atoms with E-state index in [0.717, 1.165) is 23.3 Å². The van der Waals surface area contributed by atoms with Crippen LogP contribution < -0.4 is 5.32 Å². The zero-order valence-corrected chi connectivity index (χ0v) is 18.7. The minimum atomic E-state index is -0.415. The molecule has 1 aliphatic heterocycles. The van der Waals surface area contributed by atoms with Gasteiger partial charge in [-0.2, -0.15) is 10.4 Å². The number of aromatic nitrogens is 2. The van der Waals surface area contributed by atoms with Gasteiger partial charge >= 0.3 is 5.97 Å². The monoisotopic (exact) mass is 424 g/mol. The molecule has 0 saturated heterocycles. The number of nitrogens with one attached hydrogen (secondary N) is 1. The van der Waals surface area contributed by atoms with Crippen LogP contribution in [0.5, 0.6) is 0 Å². The van der Waals surface area contributed by atoms with Crippen molar-refractivity contribution >= 4 is 17.4 Å². The average molecular weight is 425 g/mol. The first-order valence-electron chi connectivity index (χ1n) is 11.2. The maximum absolute atomic E-state index is 12.6. The molecule has 2 atom stereocenters. The third-order valence-corrected chi connectivity index (χ3v) is 6.69. The summed E-state index contributed by atoms with van der Waals surface area (Å²) in [6.45, 7) is 4.33. The molecule has 1 aromatic heterocycles. The number of esters is 1. The summed E-state index contributed by atoms with van der Waals surface area (Å²) in [5, 5.41) is 16.2. The number of rotatable bonds is 7. The highest BCUT2D eigenvalue weighted by Gasteiger charge is 2.27. The zero-order chi connectivity index (χ0) is 22.4. The molecule has 0 bridgehead atoms. The Morgan fingerprint density at radius 1 is 1.42 bits per heavy atom. The van der Waals surface area contributed by atoms with Crippen molar-refractivity contribution in [2.45, 2.75) is 65.4 Å². The SMILES string of the molecule is CCC(CC(=O)OCc1c(C2=CNC(=O)C(C#N)=CCC2C)cnn1C)C1CCCC1. The number of nitriles is 1. The van der Waals surface area contributed by atoms with Gasteiger partial charge in [-0.1, -0.05) is 52.0 Å². The van der Waals surface area contributed by atoms with Gasteiger partial charge in [-0.05, 0) is 29.7 Å². The average Bonchev–Trinajstić information content (AvgIpc) is 3.40. The summed E-state index contributed by atoms with van der Waals surface area (Å²) in [4.78, 5) is 24.7. The molecular weight excluding hydrogens is 392 g/mol. The highest BCUT2D eigenvalue weighted by molar-refractivity contribution is 5.98. The van der Waals surface area contributed by atoms with E-state index in [0.29, 0.717) is 24.7 Å². The van der Waals surface area contributed by atoms with Gasteiger partial charge in [0.15, 0.2) is 0 Å². The van der Waals surface area contributed by atoms with E-state index in [1.165, 1.54) is 25.7 Å². The van der Waals surface area contributed by atoms with E-state index >= 15 is 0 Å². The van der Waals surface area contributed by atoms with Crippen LogP contribution in [0.4, 0.5) is 0 Å². The second-order valence-electron chi connectivity index (χ2n) is 8.65. The standard InChI is InChI=1S/C24H32N4O3/c1-4-17(18-7-5-6-8-18)11-23(29)31-15-22-21(14-27-28(22)3)20-13-26-24(30)19(12-25)10-9-16(20)2/h10,13-14,16-18H,4-9,11,15H2,1-3H3,(H,26,30). The number of ether oxygens (including phenoxy) is 1. The number of hydrogen-bond donors (Lipinski definition) is 1. The second-order valence-corrected chi connectivity index (χ2v) is 8.65. The van der Waals surface area contributed by atoms with Crippen LogP contribution in [0.25, 0.3) is 5.57 Å². The Morgan fingerprint density at radius 3 is 2.84 bits per heavy atom. The lowest BCUT2D eigenvalue weighted by atomic mass is 9.86. The van der Waals surface area contributed by atoms with Gasteiger partial charge in [0.1, 0.15) is 18.2 Å². The second kappa shape index (κ2) is 10.4. The maximum atomic E-state index is 12.6. The first-order valence-corrected chi connectivity index (χ1v) is 11.2. The van der Waals surface area contributed by atoms with Crippen LogP contribution in [0.3, 0.4) is 0 Å². The molecule has 1 aromatic rings. The van der Waals surface area contributed by atoms with Crippen LogP contribution in [0.2, 0.25) is 0 Å². The quantitative estimate of drug-likeness (QED) is 0.667. The zero-order valence-electron chi connectivity index (χ0n) is 18.7. The summed E-state index contributed by atoms with van der Waals surface area (Å²) >= 11 is 0. The molecule has 31 heavy (non-hydrogen) atoms. The van der Waals surface area contributed by atoms with Gasteiger partial charge in [0.2, 0.25) is 0 Å². The van der Waals surface area contributed by atoms with E-state index < -0.39 is 5.91 Å². The number of carbonyl (C=O) groups excluding carboxylic acids is 2. The molecule has 3 rings (SSSR count). The van der Waals surface area contributed by atoms with E-state index in [1.54, 1.807) is 23.2 Å². The molecule has 0 radical (unpaired) electrons. The molecular formula is C24H32N4O3. The lowest BCUT2D eigenvalue weighted by Gasteiger charge is -2.21. The molecule has 0 aromatic carbocycles. The molecule has 1 saturated carbocycles. The van der Waals surface area contributed by atoms with Crippen molar-refractivity contribution in [3.63, 3.8) is 0 Å². The van der Waals surface area contributed by atoms with Crippen molar-refractivity contribution in [1.29, 1.82) is 5.26 Å². The first kappa shape index (κ1) is 22.8. The van der Waals surface area contributed by atoms with Gasteiger partial charge in [0.25, 0.3) is 5.91 Å². The van der Waals surface area contributed by atoms with E-state index in [2.05, 4.69) is 17.3 Å². The number of hydrogen-bond acceptors (Lipinski definition) is 5. The van der Waals surface area contributed by atoms with Crippen LogP contribution in [0, 0.1) is 29.1 Å². The maximum Gasteiger partial charge on any atom is 0.306 e. The summed E-state index contributed by atoms with van der Waals surface area (Å²) in [5.41, 5.74) is 2.66. The normalized spacial score (nSPS) is 20.7. The largest absolute Gasteiger partial charge is 0.459 e. The van der Waals surface area contributed by atoms with Gasteiger partial charge in [0.05, 0.1) is 11.9 Å². The molecule has 1 N–H and O–H groups in total. The predicted octanol–water partition coefficient (Wildman–Crippen LogP) is 4.02. The van der Waals surface area contributed by atoms with E-state index in [9.17, 15) is 9.59 Å². The number of nitrogens with zero attached hydrogens (tertiary/aromatic N) is 3. The molecule has 1 fully saturated rings. The Bertz CT molecular complexity index is 916. The Kier molecular flexibility index (Phi) is 7.67. The molecule has 7 heteroatoms. The van der Waals surface area contributed by atoms with Gasteiger partial charge in [-0.3, -0.25) is 14.3 Å².